The van der Waals surface area contributed by atoms with Gasteiger partial charge in [-0.05, 0) is 69.2 Å². The van der Waals surface area contributed by atoms with E-state index < -0.39 is 0 Å². The van der Waals surface area contributed by atoms with Crippen LogP contribution >= 0.6 is 0 Å². The number of aliphatic imine (C=N–C) groups is 1. The van der Waals surface area contributed by atoms with E-state index in [2.05, 4.69) is 36.2 Å². The number of aryl methyl sites for hydroxylation is 2. The van der Waals surface area contributed by atoms with Crippen molar-refractivity contribution in [1.29, 1.82) is 0 Å². The Kier molecular flexibility index (Phi) is 5.91. The van der Waals surface area contributed by atoms with Crippen LogP contribution in [0.5, 0.6) is 0 Å². The number of rotatable bonds is 5. The molecule has 5 heteroatoms. The monoisotopic (exact) mass is 339 g/mol. The van der Waals surface area contributed by atoms with Crippen LogP contribution in [0.3, 0.4) is 0 Å². The first-order chi connectivity index (χ1) is 11.8. The Bertz CT molecular complexity index is 761. The van der Waals surface area contributed by atoms with Crippen molar-refractivity contribution in [3.8, 4) is 0 Å². The number of carbonyl (C=O) groups excluding carboxylic acids is 2. The van der Waals surface area contributed by atoms with E-state index in [1.54, 1.807) is 12.2 Å². The van der Waals surface area contributed by atoms with Crippen molar-refractivity contribution in [2.75, 3.05) is 18.0 Å². The van der Waals surface area contributed by atoms with Gasteiger partial charge in [-0.25, -0.2) is 4.99 Å². The highest BCUT2D eigenvalue weighted by Crippen LogP contribution is 2.30. The van der Waals surface area contributed by atoms with Gasteiger partial charge in [-0.15, -0.1) is 0 Å². The molecule has 0 saturated heterocycles. The number of carbonyl (C=O) groups is 2. The largest absolute Gasteiger partial charge is 0.372 e. The summed E-state index contributed by atoms with van der Waals surface area (Å²) >= 11 is 0. The second kappa shape index (κ2) is 7.92. The van der Waals surface area contributed by atoms with E-state index in [0.29, 0.717) is 5.71 Å². The number of hydrogen-bond donors (Lipinski definition) is 1. The van der Waals surface area contributed by atoms with E-state index in [4.69, 9.17) is 4.99 Å². The number of nitrogens with zero attached hydrogens (tertiary/aromatic N) is 2. The molecule has 0 unspecified atom stereocenters. The predicted octanol–water partition coefficient (Wildman–Crippen LogP) is 3.38. The quantitative estimate of drug-likeness (QED) is 0.837. The molecule has 1 aliphatic carbocycles. The van der Waals surface area contributed by atoms with Gasteiger partial charge in [0.05, 0.1) is 17.1 Å². The van der Waals surface area contributed by atoms with Crippen LogP contribution < -0.4 is 10.2 Å². The highest BCUT2D eigenvalue weighted by Gasteiger charge is 2.14. The van der Waals surface area contributed by atoms with Gasteiger partial charge in [0.25, 0.3) is 0 Å². The van der Waals surface area contributed by atoms with Gasteiger partial charge in [-0.2, -0.15) is 0 Å². The average molecular weight is 339 g/mol. The SMILES string of the molecule is CCN(CC)c1cc(C)c(N=C2C=CC(=O)C(NC(C)=O)=C2)c(C)c1. The Morgan fingerprint density at radius 3 is 2.24 bits per heavy atom. The number of nitrogens with one attached hydrogen (secondary N) is 1. The molecule has 0 spiro atoms. The summed E-state index contributed by atoms with van der Waals surface area (Å²) in [7, 11) is 0. The van der Waals surface area contributed by atoms with Crippen molar-refractivity contribution in [3.63, 3.8) is 0 Å². The molecule has 0 saturated carbocycles. The molecule has 1 amide bonds. The molecule has 25 heavy (non-hydrogen) atoms. The second-order valence-corrected chi connectivity index (χ2v) is 6.07. The molecule has 1 aromatic carbocycles. The molecule has 132 valence electrons. The minimum Gasteiger partial charge on any atom is -0.372 e. The summed E-state index contributed by atoms with van der Waals surface area (Å²) in [6.07, 6.45) is 4.71. The number of allylic oxidation sites excluding steroid dienone is 3. The standard InChI is InChI=1S/C20H25N3O2/c1-6-23(7-2)17-10-13(3)20(14(4)11-17)22-16-8-9-19(25)18(12-16)21-15(5)24/h8-12H,6-7H2,1-5H3,(H,21,24). The molecular weight excluding hydrogens is 314 g/mol. The Hall–Kier alpha value is -2.69. The van der Waals surface area contributed by atoms with Gasteiger partial charge in [0.15, 0.2) is 0 Å². The third-order valence-electron chi connectivity index (χ3n) is 4.12. The summed E-state index contributed by atoms with van der Waals surface area (Å²) in [5.41, 5.74) is 5.13. The van der Waals surface area contributed by atoms with Crippen molar-refractivity contribution in [1.82, 2.24) is 5.32 Å². The van der Waals surface area contributed by atoms with Crippen LogP contribution in [0.4, 0.5) is 11.4 Å². The summed E-state index contributed by atoms with van der Waals surface area (Å²) < 4.78 is 0. The zero-order valence-electron chi connectivity index (χ0n) is 15.5. The Labute approximate surface area is 149 Å². The smallest absolute Gasteiger partial charge is 0.221 e. The normalized spacial score (nSPS) is 15.3. The van der Waals surface area contributed by atoms with E-state index in [9.17, 15) is 9.59 Å². The maximum Gasteiger partial charge on any atom is 0.221 e. The molecule has 1 aromatic rings. The van der Waals surface area contributed by atoms with Crippen LogP contribution in [0.1, 0.15) is 31.9 Å². The highest BCUT2D eigenvalue weighted by atomic mass is 16.2. The van der Waals surface area contributed by atoms with E-state index in [-0.39, 0.29) is 17.4 Å². The topological polar surface area (TPSA) is 61.8 Å². The molecule has 0 radical (unpaired) electrons. The third kappa shape index (κ3) is 4.44. The van der Waals surface area contributed by atoms with Gasteiger partial charge in [-0.3, -0.25) is 9.59 Å². The summed E-state index contributed by atoms with van der Waals surface area (Å²) in [5, 5.41) is 2.55. The van der Waals surface area contributed by atoms with Crippen LogP contribution in [0.25, 0.3) is 0 Å². The molecule has 0 aliphatic heterocycles. The predicted molar refractivity (Wildman–Crippen MR) is 103 cm³/mol. The molecule has 1 aliphatic rings. The van der Waals surface area contributed by atoms with Gasteiger partial charge in [-0.1, -0.05) is 0 Å². The molecule has 2 rings (SSSR count). The molecule has 0 aromatic heterocycles. The summed E-state index contributed by atoms with van der Waals surface area (Å²) in [5.74, 6) is -0.496. The van der Waals surface area contributed by atoms with E-state index in [0.717, 1.165) is 29.9 Å². The lowest BCUT2D eigenvalue weighted by atomic mass is 10.1. The third-order valence-corrected chi connectivity index (χ3v) is 4.12. The Morgan fingerprint density at radius 2 is 1.72 bits per heavy atom. The number of anilines is 1. The highest BCUT2D eigenvalue weighted by molar-refractivity contribution is 6.20. The van der Waals surface area contributed by atoms with Crippen LogP contribution in [0, 0.1) is 13.8 Å². The number of benzene rings is 1. The molecule has 0 atom stereocenters. The van der Waals surface area contributed by atoms with E-state index in [1.807, 2.05) is 13.8 Å². The minimum absolute atomic E-state index is 0.223. The van der Waals surface area contributed by atoms with Gasteiger partial charge >= 0.3 is 0 Å². The number of amides is 1. The number of hydrogen-bond acceptors (Lipinski definition) is 4. The van der Waals surface area contributed by atoms with Gasteiger partial charge in [0.2, 0.25) is 11.7 Å². The fourth-order valence-corrected chi connectivity index (χ4v) is 2.88. The lowest BCUT2D eigenvalue weighted by Crippen LogP contribution is -2.26. The second-order valence-electron chi connectivity index (χ2n) is 6.07. The summed E-state index contributed by atoms with van der Waals surface area (Å²) in [6, 6.07) is 4.27. The van der Waals surface area contributed by atoms with Crippen LogP contribution in [-0.2, 0) is 9.59 Å². The Balaban J connectivity index is 2.40. The van der Waals surface area contributed by atoms with Crippen molar-refractivity contribution in [2.24, 2.45) is 4.99 Å². The minimum atomic E-state index is -0.273. The average Bonchev–Trinajstić information content (AvgIpc) is 2.54. The van der Waals surface area contributed by atoms with Crippen molar-refractivity contribution in [3.05, 3.63) is 47.2 Å². The summed E-state index contributed by atoms with van der Waals surface area (Å²) in [6.45, 7) is 11.6. The first kappa shape index (κ1) is 18.6. The molecular formula is C20H25N3O2. The molecule has 0 bridgehead atoms. The van der Waals surface area contributed by atoms with Gasteiger partial charge in [0, 0.05) is 25.7 Å². The van der Waals surface area contributed by atoms with Gasteiger partial charge in [0.1, 0.15) is 0 Å². The molecule has 0 fully saturated rings. The Morgan fingerprint density at radius 1 is 1.12 bits per heavy atom. The fourth-order valence-electron chi connectivity index (χ4n) is 2.88. The molecule has 1 N–H and O–H groups in total. The first-order valence-corrected chi connectivity index (χ1v) is 8.52. The van der Waals surface area contributed by atoms with Crippen molar-refractivity contribution >= 4 is 28.8 Å². The maximum absolute atomic E-state index is 11.8. The zero-order valence-corrected chi connectivity index (χ0v) is 15.5. The molecule has 5 nitrogen and oxygen atoms in total. The first-order valence-electron chi connectivity index (χ1n) is 8.52. The maximum atomic E-state index is 11.8. The van der Waals surface area contributed by atoms with E-state index >= 15 is 0 Å². The van der Waals surface area contributed by atoms with Crippen molar-refractivity contribution < 1.29 is 9.59 Å². The van der Waals surface area contributed by atoms with Gasteiger partial charge < -0.3 is 10.2 Å². The van der Waals surface area contributed by atoms with Crippen molar-refractivity contribution in [2.45, 2.75) is 34.6 Å². The summed E-state index contributed by atoms with van der Waals surface area (Å²) in [4.78, 5) is 30.0. The lowest BCUT2D eigenvalue weighted by molar-refractivity contribution is -0.120. The lowest BCUT2D eigenvalue weighted by Gasteiger charge is -2.23. The van der Waals surface area contributed by atoms with E-state index in [1.165, 1.54) is 18.7 Å². The molecule has 0 heterocycles. The fraction of sp³-hybridized carbons (Fsp3) is 0.350. The van der Waals surface area contributed by atoms with Crippen LogP contribution in [0.15, 0.2) is 41.1 Å². The van der Waals surface area contributed by atoms with Crippen LogP contribution in [0.2, 0.25) is 0 Å². The van der Waals surface area contributed by atoms with Crippen LogP contribution in [-0.4, -0.2) is 30.5 Å². The zero-order chi connectivity index (χ0) is 18.6. The number of ketones is 1.